The topological polar surface area (TPSA) is 125 Å². The first-order valence-corrected chi connectivity index (χ1v) is 12.1. The van der Waals surface area contributed by atoms with Crippen LogP contribution < -0.4 is 16.4 Å². The van der Waals surface area contributed by atoms with Gasteiger partial charge in [0.05, 0.1) is 6.26 Å². The molecule has 1 aliphatic carbocycles. The first-order chi connectivity index (χ1) is 14.0. The Bertz CT molecular complexity index is 892. The Hall–Kier alpha value is -2.17. The minimum atomic E-state index is -3.67. The zero-order valence-electron chi connectivity index (χ0n) is 17.7. The van der Waals surface area contributed by atoms with Crippen LogP contribution in [0.15, 0.2) is 18.2 Å². The van der Waals surface area contributed by atoms with E-state index in [1.54, 1.807) is 0 Å². The van der Waals surface area contributed by atoms with Crippen LogP contribution in [0, 0.1) is 13.8 Å². The van der Waals surface area contributed by atoms with E-state index < -0.39 is 28.1 Å². The van der Waals surface area contributed by atoms with E-state index in [1.165, 1.54) is 4.90 Å². The number of hydrogen-bond donors (Lipinski definition) is 3. The molecule has 1 aromatic carbocycles. The maximum absolute atomic E-state index is 13.1. The number of sulfonamides is 1. The number of carbonyl (C=O) groups excluding carboxylic acids is 2. The SMILES string of the molecule is Cc1cc(C)cc(NC(=O)N2CCN(S(C)(=O)=O)C2C(=O)NC2CCC(N)CC2)c1. The maximum Gasteiger partial charge on any atom is 0.323 e. The molecule has 1 heterocycles. The second-order valence-corrected chi connectivity index (χ2v) is 10.3. The van der Waals surface area contributed by atoms with Crippen molar-refractivity contribution in [2.45, 2.75) is 57.8 Å². The number of hydrogen-bond acceptors (Lipinski definition) is 5. The summed E-state index contributed by atoms with van der Waals surface area (Å²) in [5.74, 6) is -0.478. The number of benzene rings is 1. The van der Waals surface area contributed by atoms with Crippen molar-refractivity contribution in [1.29, 1.82) is 0 Å². The average Bonchev–Trinajstić information content (AvgIpc) is 3.08. The Morgan fingerprint density at radius 2 is 1.63 bits per heavy atom. The quantitative estimate of drug-likeness (QED) is 0.651. The third-order valence-corrected chi connectivity index (χ3v) is 6.88. The number of aryl methyl sites for hydroxylation is 2. The van der Waals surface area contributed by atoms with E-state index >= 15 is 0 Å². The number of rotatable bonds is 4. The fourth-order valence-electron chi connectivity index (χ4n) is 4.22. The van der Waals surface area contributed by atoms with E-state index in [-0.39, 0.29) is 25.2 Å². The van der Waals surface area contributed by atoms with Crippen LogP contribution in [0.4, 0.5) is 10.5 Å². The molecule has 0 spiro atoms. The lowest BCUT2D eigenvalue weighted by Gasteiger charge is -2.32. The van der Waals surface area contributed by atoms with Gasteiger partial charge in [-0.05, 0) is 62.8 Å². The normalized spacial score (nSPS) is 25.2. The van der Waals surface area contributed by atoms with Gasteiger partial charge in [0.2, 0.25) is 10.0 Å². The number of anilines is 1. The Labute approximate surface area is 178 Å². The smallest absolute Gasteiger partial charge is 0.323 e. The van der Waals surface area contributed by atoms with Crippen LogP contribution in [-0.4, -0.2) is 67.2 Å². The number of nitrogens with one attached hydrogen (secondary N) is 2. The molecule has 0 bridgehead atoms. The molecule has 9 nitrogen and oxygen atoms in total. The summed E-state index contributed by atoms with van der Waals surface area (Å²) in [4.78, 5) is 27.3. The lowest BCUT2D eigenvalue weighted by atomic mass is 9.92. The fraction of sp³-hybridized carbons (Fsp3) is 0.600. The lowest BCUT2D eigenvalue weighted by Crippen LogP contribution is -2.56. The van der Waals surface area contributed by atoms with Crippen molar-refractivity contribution in [3.05, 3.63) is 29.3 Å². The number of nitrogens with two attached hydrogens (primary N) is 1. The number of urea groups is 1. The molecular weight excluding hydrogens is 406 g/mol. The molecule has 3 amide bonds. The first-order valence-electron chi connectivity index (χ1n) is 10.2. The molecule has 10 heteroatoms. The van der Waals surface area contributed by atoms with Crippen LogP contribution in [0.25, 0.3) is 0 Å². The van der Waals surface area contributed by atoms with Gasteiger partial charge in [0.1, 0.15) is 0 Å². The predicted molar refractivity (Wildman–Crippen MR) is 115 cm³/mol. The van der Waals surface area contributed by atoms with Gasteiger partial charge in [-0.25, -0.2) is 13.2 Å². The van der Waals surface area contributed by atoms with Crippen LogP contribution in [0.1, 0.15) is 36.8 Å². The summed E-state index contributed by atoms with van der Waals surface area (Å²) in [7, 11) is -3.67. The van der Waals surface area contributed by atoms with E-state index in [1.807, 2.05) is 32.0 Å². The summed E-state index contributed by atoms with van der Waals surface area (Å²) in [5, 5.41) is 5.73. The molecule has 166 valence electrons. The van der Waals surface area contributed by atoms with E-state index in [0.29, 0.717) is 5.69 Å². The minimum Gasteiger partial charge on any atom is -0.350 e. The summed E-state index contributed by atoms with van der Waals surface area (Å²) in [5.41, 5.74) is 8.52. The number of carbonyl (C=O) groups is 2. The van der Waals surface area contributed by atoms with Gasteiger partial charge in [0.25, 0.3) is 5.91 Å². The highest BCUT2D eigenvalue weighted by Crippen LogP contribution is 2.23. The van der Waals surface area contributed by atoms with Gasteiger partial charge in [-0.1, -0.05) is 6.07 Å². The van der Waals surface area contributed by atoms with Gasteiger partial charge in [0.15, 0.2) is 6.17 Å². The zero-order valence-corrected chi connectivity index (χ0v) is 18.5. The monoisotopic (exact) mass is 437 g/mol. The minimum absolute atomic E-state index is 0.0661. The second-order valence-electron chi connectivity index (χ2n) is 8.37. The van der Waals surface area contributed by atoms with Crippen molar-refractivity contribution >= 4 is 27.6 Å². The van der Waals surface area contributed by atoms with Crippen molar-refractivity contribution in [3.63, 3.8) is 0 Å². The summed E-state index contributed by atoms with van der Waals surface area (Å²) >= 11 is 0. The third-order valence-electron chi connectivity index (χ3n) is 5.64. The molecule has 1 atom stereocenters. The third kappa shape index (κ3) is 5.30. The highest BCUT2D eigenvalue weighted by molar-refractivity contribution is 7.88. The summed E-state index contributed by atoms with van der Waals surface area (Å²) < 4.78 is 25.6. The molecule has 3 rings (SSSR count). The molecule has 1 saturated carbocycles. The Kier molecular flexibility index (Phi) is 6.68. The van der Waals surface area contributed by atoms with Gasteiger partial charge < -0.3 is 16.4 Å². The molecular formula is C20H31N5O4S. The highest BCUT2D eigenvalue weighted by atomic mass is 32.2. The van der Waals surface area contributed by atoms with Crippen molar-refractivity contribution in [2.24, 2.45) is 5.73 Å². The lowest BCUT2D eigenvalue weighted by molar-refractivity contribution is -0.128. The molecule has 30 heavy (non-hydrogen) atoms. The summed E-state index contributed by atoms with van der Waals surface area (Å²) in [6, 6.07) is 5.21. The summed E-state index contributed by atoms with van der Waals surface area (Å²) in [6.07, 6.45) is 2.95. The molecule has 1 saturated heterocycles. The van der Waals surface area contributed by atoms with Crippen LogP contribution in [0.3, 0.4) is 0 Å². The van der Waals surface area contributed by atoms with Gasteiger partial charge in [-0.3, -0.25) is 9.69 Å². The molecule has 1 aromatic rings. The molecule has 0 aromatic heterocycles. The van der Waals surface area contributed by atoms with Gasteiger partial charge in [0, 0.05) is 30.9 Å². The molecule has 2 aliphatic rings. The van der Waals surface area contributed by atoms with Crippen molar-refractivity contribution < 1.29 is 18.0 Å². The van der Waals surface area contributed by atoms with Gasteiger partial charge in [-0.15, -0.1) is 0 Å². The van der Waals surface area contributed by atoms with Crippen LogP contribution >= 0.6 is 0 Å². The van der Waals surface area contributed by atoms with Crippen molar-refractivity contribution in [3.8, 4) is 0 Å². The maximum atomic E-state index is 13.1. The Morgan fingerprint density at radius 1 is 1.03 bits per heavy atom. The molecule has 0 radical (unpaired) electrons. The first kappa shape index (κ1) is 22.5. The predicted octanol–water partition coefficient (Wildman–Crippen LogP) is 1.12. The molecule has 2 fully saturated rings. The van der Waals surface area contributed by atoms with Crippen LogP contribution in [0.5, 0.6) is 0 Å². The largest absolute Gasteiger partial charge is 0.350 e. The average molecular weight is 438 g/mol. The van der Waals surface area contributed by atoms with E-state index in [2.05, 4.69) is 10.6 Å². The van der Waals surface area contributed by atoms with Crippen molar-refractivity contribution in [1.82, 2.24) is 14.5 Å². The molecule has 1 aliphatic heterocycles. The van der Waals surface area contributed by atoms with E-state index in [4.69, 9.17) is 5.73 Å². The molecule has 1 unspecified atom stereocenters. The van der Waals surface area contributed by atoms with Crippen molar-refractivity contribution in [2.75, 3.05) is 24.7 Å². The van der Waals surface area contributed by atoms with Gasteiger partial charge in [-0.2, -0.15) is 4.31 Å². The number of amides is 3. The van der Waals surface area contributed by atoms with E-state index in [0.717, 1.165) is 47.4 Å². The highest BCUT2D eigenvalue weighted by Gasteiger charge is 2.45. The van der Waals surface area contributed by atoms with Crippen LogP contribution in [0.2, 0.25) is 0 Å². The second kappa shape index (κ2) is 8.91. The summed E-state index contributed by atoms with van der Waals surface area (Å²) in [6.45, 7) is 4.07. The standard InChI is InChI=1S/C20H31N5O4S/c1-13-10-14(2)12-17(11-13)23-20(27)24-8-9-25(30(3,28)29)19(24)18(26)22-16-6-4-15(21)5-7-16/h10-12,15-16,19H,4-9,21H2,1-3H3,(H,22,26)(H,23,27). The Balaban J connectivity index is 1.77. The zero-order chi connectivity index (χ0) is 22.1. The molecule has 4 N–H and O–H groups in total. The van der Waals surface area contributed by atoms with E-state index in [9.17, 15) is 18.0 Å². The fourth-order valence-corrected chi connectivity index (χ4v) is 5.21. The number of nitrogens with zero attached hydrogens (tertiary/aromatic N) is 2. The Morgan fingerprint density at radius 3 is 2.20 bits per heavy atom. The van der Waals surface area contributed by atoms with Gasteiger partial charge >= 0.3 is 6.03 Å². The van der Waals surface area contributed by atoms with Crippen LogP contribution in [-0.2, 0) is 14.8 Å².